The number of hydrogen-bond acceptors (Lipinski definition) is 9. The van der Waals surface area contributed by atoms with Gasteiger partial charge in [-0.3, -0.25) is 19.3 Å². The lowest BCUT2D eigenvalue weighted by Crippen LogP contribution is -2.54. The summed E-state index contributed by atoms with van der Waals surface area (Å²) >= 11 is 0. The number of hydrogen-bond donors (Lipinski definition) is 2. The summed E-state index contributed by atoms with van der Waals surface area (Å²) < 4.78 is 103. The normalized spacial score (nSPS) is 17.8. The molecular weight excluding hydrogens is 599 g/mol. The summed E-state index contributed by atoms with van der Waals surface area (Å²) in [5.74, 6) is -6.85. The molecule has 12 nitrogen and oxygen atoms in total. The summed E-state index contributed by atoms with van der Waals surface area (Å²) in [6.45, 7) is 0.349. The van der Waals surface area contributed by atoms with E-state index in [0.29, 0.717) is 11.0 Å². The first-order valence-electron chi connectivity index (χ1n) is 12.1. The molecule has 19 heteroatoms. The van der Waals surface area contributed by atoms with Crippen molar-refractivity contribution in [3.8, 4) is 17.1 Å². The average molecular weight is 621 g/mol. The molecule has 4 heterocycles. The maximum absolute atomic E-state index is 15.1. The minimum atomic E-state index is -5.70. The fourth-order valence-electron chi connectivity index (χ4n) is 4.60. The number of nitrogen functional groups attached to an aromatic ring is 1. The summed E-state index contributed by atoms with van der Waals surface area (Å²) in [6, 6.07) is -0.793. The van der Waals surface area contributed by atoms with Crippen LogP contribution in [0.5, 0.6) is 5.88 Å². The molecule has 0 aliphatic carbocycles. The van der Waals surface area contributed by atoms with Crippen molar-refractivity contribution in [1.29, 1.82) is 0 Å². The Morgan fingerprint density at radius 3 is 2.30 bits per heavy atom. The fraction of sp³-hybridized carbons (Fsp3) is 0.417. The lowest BCUT2D eigenvalue weighted by molar-refractivity contribution is -0.184. The van der Waals surface area contributed by atoms with Crippen LogP contribution in [-0.2, 0) is 15.8 Å². The van der Waals surface area contributed by atoms with Gasteiger partial charge in [0.25, 0.3) is 11.8 Å². The van der Waals surface area contributed by atoms with E-state index in [1.54, 1.807) is 0 Å². The molecule has 1 aliphatic heterocycles. The molecule has 3 N–H and O–H groups in total. The minimum absolute atomic E-state index is 0.311. The molecule has 0 bridgehead atoms. The van der Waals surface area contributed by atoms with E-state index in [0.717, 1.165) is 44.1 Å². The van der Waals surface area contributed by atoms with Gasteiger partial charge in [-0.05, 0) is 26.0 Å². The van der Waals surface area contributed by atoms with Crippen molar-refractivity contribution >= 4 is 29.1 Å². The summed E-state index contributed by atoms with van der Waals surface area (Å²) in [7, 11) is 0.967. The van der Waals surface area contributed by atoms with Crippen LogP contribution < -0.4 is 10.5 Å². The number of likely N-dealkylation sites (tertiary alicyclic amines) is 1. The standard InChI is InChI=1S/C24H22F7N7O5/c1-22(2,42)20(40)36-7-13(25)15(8-36)37(21(41)24(29,30)31)19(39)11-4-10(6-33-18(11)43-3)14-5-12(23(26,27)28)16-17(32)34-9-35-38(14)16/h4-6,9,13,15,42H,7-8H2,1-3H3,(H2,32,34,35)/t13-,15+/m0/s1. The van der Waals surface area contributed by atoms with Crippen molar-refractivity contribution in [2.24, 2.45) is 0 Å². The predicted octanol–water partition coefficient (Wildman–Crippen LogP) is 2.25. The predicted molar refractivity (Wildman–Crippen MR) is 131 cm³/mol. The second-order valence-electron chi connectivity index (χ2n) is 9.96. The van der Waals surface area contributed by atoms with Crippen molar-refractivity contribution in [1.82, 2.24) is 29.4 Å². The van der Waals surface area contributed by atoms with Gasteiger partial charge in [0.1, 0.15) is 29.2 Å². The van der Waals surface area contributed by atoms with Gasteiger partial charge in [0, 0.05) is 18.3 Å². The molecule has 232 valence electrons. The molecule has 2 atom stereocenters. The van der Waals surface area contributed by atoms with Crippen molar-refractivity contribution < 1.29 is 55.0 Å². The fourth-order valence-corrected chi connectivity index (χ4v) is 4.60. The molecule has 3 aromatic heterocycles. The average Bonchev–Trinajstić information content (AvgIpc) is 3.49. The van der Waals surface area contributed by atoms with Crippen LogP contribution in [0.15, 0.2) is 24.7 Å². The van der Waals surface area contributed by atoms with Crippen LogP contribution in [0.1, 0.15) is 29.8 Å². The number of nitrogens with zero attached hydrogens (tertiary/aromatic N) is 6. The zero-order chi connectivity index (χ0) is 32.2. The molecule has 3 amide bonds. The summed E-state index contributed by atoms with van der Waals surface area (Å²) in [6.07, 6.45) is -11.3. The van der Waals surface area contributed by atoms with Gasteiger partial charge in [-0.15, -0.1) is 0 Å². The monoisotopic (exact) mass is 621 g/mol. The molecule has 3 aromatic rings. The van der Waals surface area contributed by atoms with E-state index in [2.05, 4.69) is 15.1 Å². The van der Waals surface area contributed by atoms with Gasteiger partial charge in [-0.25, -0.2) is 18.9 Å². The molecule has 0 aromatic carbocycles. The second kappa shape index (κ2) is 10.6. The molecule has 0 spiro atoms. The van der Waals surface area contributed by atoms with E-state index in [1.165, 1.54) is 0 Å². The molecule has 1 fully saturated rings. The number of carbonyl (C=O) groups is 3. The Morgan fingerprint density at radius 1 is 1.09 bits per heavy atom. The smallest absolute Gasteiger partial charge is 0.471 e. The summed E-state index contributed by atoms with van der Waals surface area (Å²) in [5.41, 5.74) is 0.0961. The highest BCUT2D eigenvalue weighted by Gasteiger charge is 2.53. The van der Waals surface area contributed by atoms with Gasteiger partial charge in [0.05, 0.1) is 31.0 Å². The molecule has 0 radical (unpaired) electrons. The maximum Gasteiger partial charge on any atom is 0.471 e. The van der Waals surface area contributed by atoms with Crippen molar-refractivity contribution in [2.75, 3.05) is 25.9 Å². The van der Waals surface area contributed by atoms with Gasteiger partial charge < -0.3 is 20.5 Å². The largest absolute Gasteiger partial charge is 0.480 e. The highest BCUT2D eigenvalue weighted by molar-refractivity contribution is 6.08. The maximum atomic E-state index is 15.1. The van der Waals surface area contributed by atoms with Crippen LogP contribution in [0, 0.1) is 0 Å². The third-order valence-corrected chi connectivity index (χ3v) is 6.50. The van der Waals surface area contributed by atoms with Gasteiger partial charge in [-0.1, -0.05) is 0 Å². The van der Waals surface area contributed by atoms with E-state index in [4.69, 9.17) is 10.5 Å². The number of halogens is 7. The number of aliphatic hydroxyl groups is 1. The van der Waals surface area contributed by atoms with E-state index >= 15 is 4.39 Å². The number of carbonyl (C=O) groups excluding carboxylic acids is 3. The number of ether oxygens (including phenoxy) is 1. The number of rotatable bonds is 5. The van der Waals surface area contributed by atoms with Crippen LogP contribution in [-0.4, -0.2) is 96.4 Å². The number of amides is 3. The Balaban J connectivity index is 1.86. The van der Waals surface area contributed by atoms with Crippen LogP contribution in [0.4, 0.5) is 36.6 Å². The van der Waals surface area contributed by atoms with Crippen LogP contribution >= 0.6 is 0 Å². The van der Waals surface area contributed by atoms with E-state index in [1.807, 2.05) is 0 Å². The number of aromatic nitrogens is 4. The number of fused-ring (bicyclic) bond motifs is 1. The lowest BCUT2D eigenvalue weighted by atomic mass is 10.1. The lowest BCUT2D eigenvalue weighted by Gasteiger charge is -2.30. The van der Waals surface area contributed by atoms with Crippen LogP contribution in [0.25, 0.3) is 16.8 Å². The molecule has 43 heavy (non-hydrogen) atoms. The Kier molecular flexibility index (Phi) is 7.75. The van der Waals surface area contributed by atoms with Crippen molar-refractivity contribution in [2.45, 2.75) is 44.0 Å². The third kappa shape index (κ3) is 5.75. The highest BCUT2D eigenvalue weighted by Crippen LogP contribution is 2.39. The Morgan fingerprint density at radius 2 is 1.74 bits per heavy atom. The number of anilines is 1. The molecule has 1 aliphatic rings. The van der Waals surface area contributed by atoms with Gasteiger partial charge in [0.15, 0.2) is 5.82 Å². The number of pyridine rings is 1. The topological polar surface area (TPSA) is 156 Å². The molecule has 1 saturated heterocycles. The first kappa shape index (κ1) is 31.4. The quantitative estimate of drug-likeness (QED) is 0.408. The van der Waals surface area contributed by atoms with Crippen LogP contribution in [0.3, 0.4) is 0 Å². The molecule has 0 unspecified atom stereocenters. The number of methoxy groups -OCH3 is 1. The number of imide groups is 1. The van der Waals surface area contributed by atoms with Crippen LogP contribution in [0.2, 0.25) is 0 Å². The summed E-state index contributed by atoms with van der Waals surface area (Å²) in [5, 5.41) is 13.7. The Hall–Kier alpha value is -4.55. The van der Waals surface area contributed by atoms with Gasteiger partial charge in [0.2, 0.25) is 5.88 Å². The first-order chi connectivity index (χ1) is 19.8. The van der Waals surface area contributed by atoms with E-state index < -0.39 is 94.2 Å². The SMILES string of the molecule is COc1ncc(-c2cc(C(F)(F)F)c3c(N)ncnn23)cc1C(=O)N(C(=O)C(F)(F)F)[C@@H]1CN(C(=O)C(C)(C)O)C[C@@H]1F. The third-order valence-electron chi connectivity index (χ3n) is 6.50. The Labute approximate surface area is 236 Å². The molecule has 4 rings (SSSR count). The Bertz CT molecular complexity index is 1600. The zero-order valence-corrected chi connectivity index (χ0v) is 22.4. The number of nitrogens with two attached hydrogens (primary N) is 1. The molecule has 0 saturated carbocycles. The van der Waals surface area contributed by atoms with Gasteiger partial charge in [-0.2, -0.15) is 31.4 Å². The summed E-state index contributed by atoms with van der Waals surface area (Å²) in [4.78, 5) is 46.1. The van der Waals surface area contributed by atoms with Crippen molar-refractivity contribution in [3.05, 3.63) is 35.8 Å². The second-order valence-corrected chi connectivity index (χ2v) is 9.96. The number of alkyl halides is 7. The van der Waals surface area contributed by atoms with Crippen molar-refractivity contribution in [3.63, 3.8) is 0 Å². The van der Waals surface area contributed by atoms with Gasteiger partial charge >= 0.3 is 18.3 Å². The minimum Gasteiger partial charge on any atom is -0.480 e. The molecular formula is C24H22F7N7O5. The zero-order valence-electron chi connectivity index (χ0n) is 22.4. The highest BCUT2D eigenvalue weighted by atomic mass is 19.4. The van der Waals surface area contributed by atoms with E-state index in [9.17, 15) is 45.8 Å². The first-order valence-corrected chi connectivity index (χ1v) is 12.1. The van der Waals surface area contributed by atoms with E-state index in [-0.39, 0.29) is 11.3 Å².